The minimum absolute atomic E-state index is 0.127. The van der Waals surface area contributed by atoms with Gasteiger partial charge in [0.15, 0.2) is 0 Å². The summed E-state index contributed by atoms with van der Waals surface area (Å²) in [6.45, 7) is 1.64. The van der Waals surface area contributed by atoms with Crippen LogP contribution < -0.4 is 4.90 Å². The Kier molecular flexibility index (Phi) is 4.97. The number of hydrogen-bond acceptors (Lipinski definition) is 3. The molecular formula is C20H21ClN2O3S. The Morgan fingerprint density at radius 3 is 2.48 bits per heavy atom. The molecule has 0 bridgehead atoms. The largest absolute Gasteiger partial charge is 0.308 e. The number of fused-ring (bicyclic) bond motifs is 1. The van der Waals surface area contributed by atoms with Gasteiger partial charge >= 0.3 is 0 Å². The molecule has 0 radical (unpaired) electrons. The second-order valence-corrected chi connectivity index (χ2v) is 9.29. The molecule has 0 aliphatic carbocycles. The van der Waals surface area contributed by atoms with Crippen LogP contribution in [-0.2, 0) is 16.4 Å². The van der Waals surface area contributed by atoms with Gasteiger partial charge < -0.3 is 4.90 Å². The molecule has 142 valence electrons. The van der Waals surface area contributed by atoms with Gasteiger partial charge in [0.05, 0.1) is 15.5 Å². The predicted octanol–water partition coefficient (Wildman–Crippen LogP) is 3.72. The van der Waals surface area contributed by atoms with E-state index in [1.807, 2.05) is 24.3 Å². The summed E-state index contributed by atoms with van der Waals surface area (Å²) >= 11 is 6.29. The van der Waals surface area contributed by atoms with Crippen molar-refractivity contribution in [3.05, 3.63) is 58.6 Å². The topological polar surface area (TPSA) is 57.7 Å². The summed E-state index contributed by atoms with van der Waals surface area (Å²) < 4.78 is 27.2. The summed E-state index contributed by atoms with van der Waals surface area (Å²) in [7, 11) is -3.60. The zero-order valence-corrected chi connectivity index (χ0v) is 16.5. The summed E-state index contributed by atoms with van der Waals surface area (Å²) in [6.07, 6.45) is 3.52. The van der Waals surface area contributed by atoms with Crippen molar-refractivity contribution in [3.8, 4) is 0 Å². The van der Waals surface area contributed by atoms with Crippen LogP contribution in [-0.4, -0.2) is 38.3 Å². The van der Waals surface area contributed by atoms with Crippen LogP contribution in [0.3, 0.4) is 0 Å². The van der Waals surface area contributed by atoms with Crippen LogP contribution in [0.25, 0.3) is 0 Å². The molecule has 0 saturated carbocycles. The molecule has 1 fully saturated rings. The monoisotopic (exact) mass is 404 g/mol. The minimum atomic E-state index is -3.60. The molecule has 1 amide bonds. The van der Waals surface area contributed by atoms with Crippen LogP contribution in [0.4, 0.5) is 5.69 Å². The highest BCUT2D eigenvalue weighted by atomic mass is 35.5. The summed E-state index contributed by atoms with van der Waals surface area (Å²) in [5, 5.41) is 0.267. The second kappa shape index (κ2) is 7.26. The molecule has 0 N–H and O–H groups in total. The molecule has 2 aliphatic rings. The van der Waals surface area contributed by atoms with Crippen molar-refractivity contribution in [3.63, 3.8) is 0 Å². The molecule has 2 aromatic carbocycles. The van der Waals surface area contributed by atoms with Crippen LogP contribution in [0, 0.1) is 0 Å². The van der Waals surface area contributed by atoms with E-state index in [-0.39, 0.29) is 21.4 Å². The molecule has 0 spiro atoms. The first-order valence-corrected chi connectivity index (χ1v) is 11.0. The molecule has 2 aliphatic heterocycles. The van der Waals surface area contributed by atoms with Crippen LogP contribution in [0.5, 0.6) is 0 Å². The highest BCUT2D eigenvalue weighted by Gasteiger charge is 2.30. The van der Waals surface area contributed by atoms with Gasteiger partial charge in [-0.3, -0.25) is 4.79 Å². The standard InChI is InChI=1S/C20H21ClN2O3S/c21-18-10-9-16(27(25,26)22-11-3-4-12-22)14-17(18)20(24)23-13-5-7-15-6-1-2-8-19(15)23/h1-2,6,8-10,14H,3-5,7,11-13H2. The van der Waals surface area contributed by atoms with Crippen LogP contribution in [0.15, 0.2) is 47.4 Å². The Balaban J connectivity index is 1.71. The van der Waals surface area contributed by atoms with E-state index in [9.17, 15) is 13.2 Å². The zero-order chi connectivity index (χ0) is 19.0. The first-order valence-electron chi connectivity index (χ1n) is 9.18. The van der Waals surface area contributed by atoms with Crippen molar-refractivity contribution in [2.24, 2.45) is 0 Å². The average Bonchev–Trinajstić information content (AvgIpc) is 3.23. The SMILES string of the molecule is O=C(c1cc(S(=O)(=O)N2CCCC2)ccc1Cl)N1CCCc2ccccc21. The van der Waals surface area contributed by atoms with E-state index in [2.05, 4.69) is 0 Å². The van der Waals surface area contributed by atoms with Gasteiger partial charge in [-0.05, 0) is 55.5 Å². The summed E-state index contributed by atoms with van der Waals surface area (Å²) in [6, 6.07) is 12.2. The van der Waals surface area contributed by atoms with Crippen LogP contribution >= 0.6 is 11.6 Å². The zero-order valence-electron chi connectivity index (χ0n) is 14.9. The number of benzene rings is 2. The van der Waals surface area contributed by atoms with E-state index in [1.165, 1.54) is 22.5 Å². The van der Waals surface area contributed by atoms with Gasteiger partial charge in [-0.2, -0.15) is 4.31 Å². The lowest BCUT2D eigenvalue weighted by Crippen LogP contribution is -2.36. The lowest BCUT2D eigenvalue weighted by Gasteiger charge is -2.30. The van der Waals surface area contributed by atoms with E-state index < -0.39 is 10.0 Å². The quantitative estimate of drug-likeness (QED) is 0.783. The van der Waals surface area contributed by atoms with Crippen molar-refractivity contribution in [1.82, 2.24) is 4.31 Å². The van der Waals surface area contributed by atoms with Crippen LogP contribution in [0.2, 0.25) is 5.02 Å². The number of sulfonamides is 1. The predicted molar refractivity (Wildman–Crippen MR) is 106 cm³/mol. The number of amides is 1. The molecular weight excluding hydrogens is 384 g/mol. The van der Waals surface area contributed by atoms with Crippen molar-refractivity contribution < 1.29 is 13.2 Å². The molecule has 4 rings (SSSR count). The van der Waals surface area contributed by atoms with Gasteiger partial charge in [0.25, 0.3) is 5.91 Å². The van der Waals surface area contributed by atoms with E-state index in [0.29, 0.717) is 19.6 Å². The molecule has 7 heteroatoms. The van der Waals surface area contributed by atoms with Crippen molar-refractivity contribution in [2.45, 2.75) is 30.6 Å². The lowest BCUT2D eigenvalue weighted by atomic mass is 10.0. The molecule has 2 aromatic rings. The summed E-state index contributed by atoms with van der Waals surface area (Å²) in [5.41, 5.74) is 2.22. The third kappa shape index (κ3) is 3.37. The minimum Gasteiger partial charge on any atom is -0.308 e. The number of rotatable bonds is 3. The maximum atomic E-state index is 13.2. The number of anilines is 1. The van der Waals surface area contributed by atoms with Gasteiger partial charge in [-0.1, -0.05) is 29.8 Å². The fourth-order valence-corrected chi connectivity index (χ4v) is 5.54. The first kappa shape index (κ1) is 18.5. The number of nitrogens with zero attached hydrogens (tertiary/aromatic N) is 2. The Hall–Kier alpha value is -1.89. The number of halogens is 1. The highest BCUT2D eigenvalue weighted by molar-refractivity contribution is 7.89. The van der Waals surface area contributed by atoms with Gasteiger partial charge in [0.2, 0.25) is 10.0 Å². The van der Waals surface area contributed by atoms with Gasteiger partial charge in [-0.15, -0.1) is 0 Å². The van der Waals surface area contributed by atoms with Crippen LogP contribution in [0.1, 0.15) is 35.2 Å². The number of carbonyl (C=O) groups is 1. The fourth-order valence-electron chi connectivity index (χ4n) is 3.80. The van der Waals surface area contributed by atoms with E-state index in [1.54, 1.807) is 4.90 Å². The number of carbonyl (C=O) groups excluding carboxylic acids is 1. The van der Waals surface area contributed by atoms with Gasteiger partial charge in [-0.25, -0.2) is 8.42 Å². The molecule has 0 atom stereocenters. The molecule has 27 heavy (non-hydrogen) atoms. The third-order valence-corrected chi connectivity index (χ3v) is 7.45. The Morgan fingerprint density at radius 1 is 0.963 bits per heavy atom. The van der Waals surface area contributed by atoms with E-state index >= 15 is 0 Å². The third-order valence-electron chi connectivity index (χ3n) is 5.23. The number of para-hydroxylation sites is 1. The fraction of sp³-hybridized carbons (Fsp3) is 0.350. The van der Waals surface area contributed by atoms with Gasteiger partial charge in [0, 0.05) is 25.3 Å². The van der Waals surface area contributed by atoms with Gasteiger partial charge in [0.1, 0.15) is 0 Å². The highest BCUT2D eigenvalue weighted by Crippen LogP contribution is 2.31. The molecule has 0 aromatic heterocycles. The Morgan fingerprint density at radius 2 is 1.70 bits per heavy atom. The number of hydrogen-bond donors (Lipinski definition) is 0. The molecule has 5 nitrogen and oxygen atoms in total. The molecule has 2 heterocycles. The first-order chi connectivity index (χ1) is 13.0. The number of aryl methyl sites for hydroxylation is 1. The average molecular weight is 405 g/mol. The van der Waals surface area contributed by atoms with E-state index in [4.69, 9.17) is 11.6 Å². The molecule has 0 unspecified atom stereocenters. The summed E-state index contributed by atoms with van der Waals surface area (Å²) in [5.74, 6) is -0.259. The molecule has 1 saturated heterocycles. The van der Waals surface area contributed by atoms with Crippen molar-refractivity contribution in [1.29, 1.82) is 0 Å². The smallest absolute Gasteiger partial charge is 0.259 e. The lowest BCUT2D eigenvalue weighted by molar-refractivity contribution is 0.0985. The Labute approximate surface area is 164 Å². The van der Waals surface area contributed by atoms with Crippen molar-refractivity contribution >= 4 is 33.2 Å². The Bertz CT molecular complexity index is 984. The normalized spacial score (nSPS) is 17.7. The summed E-state index contributed by atoms with van der Waals surface area (Å²) in [4.78, 5) is 15.0. The maximum absolute atomic E-state index is 13.2. The maximum Gasteiger partial charge on any atom is 0.259 e. The van der Waals surface area contributed by atoms with Crippen molar-refractivity contribution in [2.75, 3.05) is 24.5 Å². The second-order valence-electron chi connectivity index (χ2n) is 6.94. The van der Waals surface area contributed by atoms with E-state index in [0.717, 1.165) is 36.9 Å².